The molecule has 82 valence electrons. The van der Waals surface area contributed by atoms with Crippen LogP contribution < -0.4 is 0 Å². The summed E-state index contributed by atoms with van der Waals surface area (Å²) in [6.07, 6.45) is 2.32. The van der Waals surface area contributed by atoms with Gasteiger partial charge in [-0.15, -0.1) is 0 Å². The van der Waals surface area contributed by atoms with Gasteiger partial charge in [-0.25, -0.2) is 0 Å². The monoisotopic (exact) mass is 207 g/mol. The van der Waals surface area contributed by atoms with E-state index in [1.54, 1.807) is 0 Å². The quantitative estimate of drug-likeness (QED) is 0.568. The average Bonchev–Trinajstić information content (AvgIpc) is 2.48. The van der Waals surface area contributed by atoms with E-state index < -0.39 is 0 Å². The molecule has 0 N–H and O–H groups in total. The molecule has 0 saturated heterocycles. The van der Waals surface area contributed by atoms with Gasteiger partial charge in [-0.05, 0) is 18.3 Å². The lowest BCUT2D eigenvalue weighted by Crippen LogP contribution is -2.44. The zero-order chi connectivity index (χ0) is 10.8. The third-order valence-electron chi connectivity index (χ3n) is 5.14. The van der Waals surface area contributed by atoms with Crippen LogP contribution in [0.4, 0.5) is 0 Å². The first kappa shape index (κ1) is 9.37. The van der Waals surface area contributed by atoms with Crippen molar-refractivity contribution in [1.82, 2.24) is 0 Å². The van der Waals surface area contributed by atoms with Crippen LogP contribution in [-0.4, -0.2) is 24.3 Å². The van der Waals surface area contributed by atoms with Gasteiger partial charge in [-0.1, -0.05) is 20.8 Å². The SMILES string of the molecule is CC1(C)C2CCC1(C)[C@@H]1OC(=O)CN=C21. The van der Waals surface area contributed by atoms with Gasteiger partial charge < -0.3 is 4.74 Å². The van der Waals surface area contributed by atoms with E-state index in [0.29, 0.717) is 5.92 Å². The van der Waals surface area contributed by atoms with Gasteiger partial charge in [0.2, 0.25) is 0 Å². The van der Waals surface area contributed by atoms with Gasteiger partial charge >= 0.3 is 5.97 Å². The Bertz CT molecular complexity index is 372. The lowest BCUT2D eigenvalue weighted by molar-refractivity contribution is -0.151. The highest BCUT2D eigenvalue weighted by Crippen LogP contribution is 2.65. The number of nitrogens with zero attached hydrogens (tertiary/aromatic N) is 1. The highest BCUT2D eigenvalue weighted by atomic mass is 16.5. The van der Waals surface area contributed by atoms with Gasteiger partial charge in [-0.2, -0.15) is 0 Å². The zero-order valence-electron chi connectivity index (χ0n) is 9.54. The lowest BCUT2D eigenvalue weighted by Gasteiger charge is -2.38. The Kier molecular flexibility index (Phi) is 1.53. The highest BCUT2D eigenvalue weighted by molar-refractivity contribution is 6.00. The summed E-state index contributed by atoms with van der Waals surface area (Å²) < 4.78 is 5.51. The number of hydrogen-bond acceptors (Lipinski definition) is 3. The van der Waals surface area contributed by atoms with Crippen LogP contribution in [0.5, 0.6) is 0 Å². The summed E-state index contributed by atoms with van der Waals surface area (Å²) in [5.41, 5.74) is 1.49. The van der Waals surface area contributed by atoms with Crippen molar-refractivity contribution in [2.75, 3.05) is 6.54 Å². The molecule has 3 aliphatic rings. The molecular weight excluding hydrogens is 190 g/mol. The van der Waals surface area contributed by atoms with Crippen molar-refractivity contribution in [2.45, 2.75) is 39.7 Å². The second-order valence-electron chi connectivity index (χ2n) is 5.84. The minimum atomic E-state index is -0.159. The summed E-state index contributed by atoms with van der Waals surface area (Å²) in [5.74, 6) is 0.369. The van der Waals surface area contributed by atoms with Crippen molar-refractivity contribution in [3.63, 3.8) is 0 Å². The molecule has 2 unspecified atom stereocenters. The average molecular weight is 207 g/mol. The van der Waals surface area contributed by atoms with E-state index in [1.165, 1.54) is 6.42 Å². The molecule has 0 amide bonds. The van der Waals surface area contributed by atoms with Crippen LogP contribution in [0.1, 0.15) is 33.6 Å². The molecule has 0 aromatic rings. The van der Waals surface area contributed by atoms with Crippen molar-refractivity contribution in [3.8, 4) is 0 Å². The molecule has 0 radical (unpaired) electrons. The summed E-state index contributed by atoms with van der Waals surface area (Å²) in [6, 6.07) is 0. The van der Waals surface area contributed by atoms with E-state index in [0.717, 1.165) is 12.1 Å². The molecule has 0 aromatic carbocycles. The number of carbonyl (C=O) groups is 1. The second-order valence-corrected chi connectivity index (χ2v) is 5.84. The maximum absolute atomic E-state index is 11.3. The fourth-order valence-electron chi connectivity index (χ4n) is 3.73. The summed E-state index contributed by atoms with van der Waals surface area (Å²) in [5, 5.41) is 0. The van der Waals surface area contributed by atoms with E-state index in [4.69, 9.17) is 4.74 Å². The highest BCUT2D eigenvalue weighted by Gasteiger charge is 2.67. The first-order valence-corrected chi connectivity index (χ1v) is 5.70. The second kappa shape index (κ2) is 2.45. The van der Waals surface area contributed by atoms with Crippen molar-refractivity contribution >= 4 is 11.7 Å². The molecular formula is C12H17NO2. The molecule has 3 heteroatoms. The van der Waals surface area contributed by atoms with Crippen molar-refractivity contribution in [2.24, 2.45) is 21.7 Å². The lowest BCUT2D eigenvalue weighted by atomic mass is 9.70. The molecule has 3 nitrogen and oxygen atoms in total. The molecule has 3 atom stereocenters. The summed E-state index contributed by atoms with van der Waals surface area (Å²) >= 11 is 0. The summed E-state index contributed by atoms with van der Waals surface area (Å²) in [7, 11) is 0. The fraction of sp³-hybridized carbons (Fsp3) is 0.833. The predicted molar refractivity (Wildman–Crippen MR) is 56.8 cm³/mol. The molecule has 2 bridgehead atoms. The first-order valence-electron chi connectivity index (χ1n) is 5.70. The van der Waals surface area contributed by atoms with Gasteiger partial charge in [0.1, 0.15) is 12.6 Å². The van der Waals surface area contributed by atoms with Crippen LogP contribution in [0, 0.1) is 16.7 Å². The third-order valence-corrected chi connectivity index (χ3v) is 5.14. The van der Waals surface area contributed by atoms with Crippen LogP contribution in [0.25, 0.3) is 0 Å². The van der Waals surface area contributed by atoms with Crippen LogP contribution in [0.15, 0.2) is 4.99 Å². The van der Waals surface area contributed by atoms with Gasteiger partial charge in [0.15, 0.2) is 0 Å². The van der Waals surface area contributed by atoms with Gasteiger partial charge in [0, 0.05) is 11.3 Å². The third kappa shape index (κ3) is 0.876. The minimum absolute atomic E-state index is 0.0347. The maximum Gasteiger partial charge on any atom is 0.328 e. The Labute approximate surface area is 89.9 Å². The maximum atomic E-state index is 11.3. The molecule has 1 heterocycles. The van der Waals surface area contributed by atoms with E-state index in [2.05, 4.69) is 25.8 Å². The predicted octanol–water partition coefficient (Wildman–Crippen LogP) is 1.81. The molecule has 1 aliphatic heterocycles. The van der Waals surface area contributed by atoms with E-state index >= 15 is 0 Å². The van der Waals surface area contributed by atoms with Crippen molar-refractivity contribution < 1.29 is 9.53 Å². The Morgan fingerprint density at radius 3 is 2.87 bits per heavy atom. The molecule has 2 saturated carbocycles. The minimum Gasteiger partial charge on any atom is -0.454 e. The molecule has 0 spiro atoms. The van der Waals surface area contributed by atoms with E-state index in [1.807, 2.05) is 0 Å². The van der Waals surface area contributed by atoms with Crippen LogP contribution in [0.3, 0.4) is 0 Å². The Morgan fingerprint density at radius 2 is 2.13 bits per heavy atom. The standard InChI is InChI=1S/C12H17NO2/c1-11(2)7-4-5-12(11,3)10-9(7)13-6-8(14)15-10/h7,10H,4-6H2,1-3H3/t7?,10-,12?/m1/s1. The van der Waals surface area contributed by atoms with Gasteiger partial charge in [-0.3, -0.25) is 9.79 Å². The summed E-state index contributed by atoms with van der Waals surface area (Å²) in [6.45, 7) is 7.06. The largest absolute Gasteiger partial charge is 0.454 e. The first-order chi connectivity index (χ1) is 6.97. The molecule has 3 rings (SSSR count). The van der Waals surface area contributed by atoms with Crippen LogP contribution in [-0.2, 0) is 9.53 Å². The number of hydrogen-bond donors (Lipinski definition) is 0. The Hall–Kier alpha value is -0.860. The molecule has 0 aromatic heterocycles. The molecule has 2 fully saturated rings. The Balaban J connectivity index is 2.12. The fourth-order valence-corrected chi connectivity index (χ4v) is 3.73. The van der Waals surface area contributed by atoms with Gasteiger partial charge in [0.25, 0.3) is 0 Å². The topological polar surface area (TPSA) is 38.7 Å². The van der Waals surface area contributed by atoms with E-state index in [-0.39, 0.29) is 29.4 Å². The van der Waals surface area contributed by atoms with Crippen LogP contribution >= 0.6 is 0 Å². The number of ether oxygens (including phenoxy) is 1. The summed E-state index contributed by atoms with van der Waals surface area (Å²) in [4.78, 5) is 15.7. The number of fused-ring (bicyclic) bond motifs is 5. The van der Waals surface area contributed by atoms with Crippen LogP contribution in [0.2, 0.25) is 0 Å². The number of aliphatic imine (C=N–C) groups is 1. The molecule has 15 heavy (non-hydrogen) atoms. The van der Waals surface area contributed by atoms with Gasteiger partial charge in [0.05, 0.1) is 5.71 Å². The normalized spacial score (nSPS) is 46.1. The van der Waals surface area contributed by atoms with Crippen molar-refractivity contribution in [3.05, 3.63) is 0 Å². The number of rotatable bonds is 0. The van der Waals surface area contributed by atoms with Crippen molar-refractivity contribution in [1.29, 1.82) is 0 Å². The zero-order valence-corrected chi connectivity index (χ0v) is 9.54. The van der Waals surface area contributed by atoms with E-state index in [9.17, 15) is 4.79 Å². The number of esters is 1. The Morgan fingerprint density at radius 1 is 1.40 bits per heavy atom. The smallest absolute Gasteiger partial charge is 0.328 e. The number of carbonyl (C=O) groups excluding carboxylic acids is 1. The molecule has 2 aliphatic carbocycles.